The molecule has 0 aliphatic heterocycles. The van der Waals surface area contributed by atoms with E-state index in [1.165, 1.54) is 15.3 Å². The lowest BCUT2D eigenvalue weighted by atomic mass is 10.6. The number of nitrogens with zero attached hydrogens (tertiary/aromatic N) is 1. The third-order valence-electron chi connectivity index (χ3n) is 0.675. The predicted molar refractivity (Wildman–Crippen MR) is 63.9 cm³/mol. The van der Waals surface area contributed by atoms with Crippen molar-refractivity contribution in [1.82, 2.24) is 0 Å². The summed E-state index contributed by atoms with van der Waals surface area (Å²) in [5, 5.41) is 10.2. The number of alkyl halides is 1. The molecule has 0 heterocycles. The van der Waals surface area contributed by atoms with E-state index < -0.39 is 0 Å². The van der Waals surface area contributed by atoms with Crippen LogP contribution in [0.4, 0.5) is 0 Å². The van der Waals surface area contributed by atoms with E-state index in [1.54, 1.807) is 0 Å². The van der Waals surface area contributed by atoms with Crippen LogP contribution >= 0.6 is 68.5 Å². The third kappa shape index (κ3) is 5.04. The van der Waals surface area contributed by atoms with Gasteiger partial charge in [0.05, 0.1) is 5.88 Å². The molecule has 56 valence electrons. The fraction of sp³-hybridized carbons (Fsp3) is 0.400. The summed E-state index contributed by atoms with van der Waals surface area (Å²) in [6, 6.07) is 0. The average molecular weight is 399 g/mol. The monoisotopic (exact) mass is 399 g/mol. The first-order valence-corrected chi connectivity index (χ1v) is 6.00. The molecule has 0 aromatic carbocycles. The van der Waals surface area contributed by atoms with E-state index in [0.29, 0.717) is 5.88 Å². The summed E-state index contributed by atoms with van der Waals surface area (Å²) in [6.07, 6.45) is 0. The maximum atomic E-state index is 8.22. The molecule has 10 heavy (non-hydrogen) atoms. The molecule has 0 spiro atoms. The van der Waals surface area contributed by atoms with Gasteiger partial charge in [-0.2, -0.15) is 5.26 Å². The fourth-order valence-electron chi connectivity index (χ4n) is 0.246. The van der Waals surface area contributed by atoms with Gasteiger partial charge in [0.15, 0.2) is 0 Å². The highest BCUT2D eigenvalue weighted by Gasteiger charge is 1.98. The molecular weight excluding hydrogens is 395 g/mol. The zero-order chi connectivity index (χ0) is 7.98. The van der Waals surface area contributed by atoms with Crippen molar-refractivity contribution in [2.45, 2.75) is 0 Å². The molecule has 1 nitrogen and oxygen atoms in total. The molecule has 0 unspecified atom stereocenters. The summed E-state index contributed by atoms with van der Waals surface area (Å²) < 4.78 is 2.29. The summed E-state index contributed by atoms with van der Waals surface area (Å²) in [7, 11) is 0. The van der Waals surface area contributed by atoms with E-state index in [2.05, 4.69) is 45.2 Å². The number of hydrogen-bond donors (Lipinski definition) is 0. The topological polar surface area (TPSA) is 23.8 Å². The molecule has 0 aliphatic carbocycles. The minimum Gasteiger partial charge on any atom is -0.185 e. The van der Waals surface area contributed by atoms with Crippen LogP contribution in [0.15, 0.2) is 7.16 Å². The number of nitriles is 1. The van der Waals surface area contributed by atoms with Crippen LogP contribution in [0.1, 0.15) is 0 Å². The van der Waals surface area contributed by atoms with E-state index in [0.717, 1.165) is 9.33 Å². The Labute approximate surface area is 96.9 Å². The lowest BCUT2D eigenvalue weighted by molar-refractivity contribution is 1.56. The second-order valence-electron chi connectivity index (χ2n) is 1.32. The molecule has 0 fully saturated rings. The summed E-state index contributed by atoms with van der Waals surface area (Å²) in [5.74, 6) is 1.30. The largest absolute Gasteiger partial charge is 0.185 e. The van der Waals surface area contributed by atoms with Gasteiger partial charge in [-0.25, -0.2) is 0 Å². The Kier molecular flexibility index (Phi) is 7.94. The van der Waals surface area contributed by atoms with Crippen molar-refractivity contribution in [2.75, 3.05) is 11.6 Å². The number of allylic oxidation sites excluding steroid dienone is 1. The van der Waals surface area contributed by atoms with Gasteiger partial charge in [0.1, 0.15) is 5.40 Å². The lowest BCUT2D eigenvalue weighted by Gasteiger charge is -1.95. The molecule has 0 saturated carbocycles. The average Bonchev–Trinajstić information content (AvgIpc) is 1.98. The number of thiocyanates is 1. The number of thioether (sulfide) groups is 1. The highest BCUT2D eigenvalue weighted by Crippen LogP contribution is 2.23. The molecule has 0 radical (unpaired) electrons. The Morgan fingerprint density at radius 2 is 2.10 bits per heavy atom. The van der Waals surface area contributed by atoms with Gasteiger partial charge in [0.2, 0.25) is 0 Å². The Morgan fingerprint density at radius 3 is 2.50 bits per heavy atom. The van der Waals surface area contributed by atoms with Crippen LogP contribution < -0.4 is 0 Å². The molecule has 0 aliphatic rings. The second kappa shape index (κ2) is 7.00. The minimum atomic E-state index is 0.546. The van der Waals surface area contributed by atoms with Gasteiger partial charge >= 0.3 is 0 Å². The number of halogens is 3. The molecule has 0 saturated heterocycles. The normalized spacial score (nSPS) is 12.2. The summed E-state index contributed by atoms with van der Waals surface area (Å²) >= 11 is 11.2. The SMILES string of the molecule is N#CSC/C(I)=C(\I)CCl. The highest BCUT2D eigenvalue weighted by molar-refractivity contribution is 14.1. The van der Waals surface area contributed by atoms with Crippen molar-refractivity contribution in [3.8, 4) is 5.40 Å². The Balaban J connectivity index is 3.82. The van der Waals surface area contributed by atoms with Gasteiger partial charge in [-0.1, -0.05) is 0 Å². The van der Waals surface area contributed by atoms with Gasteiger partial charge in [0, 0.05) is 12.9 Å². The fourth-order valence-corrected chi connectivity index (χ4v) is 2.11. The van der Waals surface area contributed by atoms with Crippen molar-refractivity contribution in [2.24, 2.45) is 0 Å². The van der Waals surface area contributed by atoms with E-state index >= 15 is 0 Å². The lowest BCUT2D eigenvalue weighted by Crippen LogP contribution is -1.81. The van der Waals surface area contributed by atoms with Crippen LogP contribution in [0.3, 0.4) is 0 Å². The quantitative estimate of drug-likeness (QED) is 0.412. The van der Waals surface area contributed by atoms with Crippen LogP contribution in [-0.4, -0.2) is 11.6 Å². The Hall–Kier alpha value is 1.33. The smallest absolute Gasteiger partial charge is 0.133 e. The van der Waals surface area contributed by atoms with Crippen LogP contribution in [-0.2, 0) is 0 Å². The van der Waals surface area contributed by atoms with Crippen molar-refractivity contribution in [1.29, 1.82) is 5.26 Å². The van der Waals surface area contributed by atoms with Crippen molar-refractivity contribution in [3.63, 3.8) is 0 Å². The van der Waals surface area contributed by atoms with Crippen LogP contribution in [0.5, 0.6) is 0 Å². The zero-order valence-corrected chi connectivity index (χ0v) is 10.8. The zero-order valence-electron chi connectivity index (χ0n) is 4.90. The van der Waals surface area contributed by atoms with Gasteiger partial charge in [-0.3, -0.25) is 0 Å². The van der Waals surface area contributed by atoms with Gasteiger partial charge < -0.3 is 0 Å². The summed E-state index contributed by atoms with van der Waals surface area (Å²) in [6.45, 7) is 0. The van der Waals surface area contributed by atoms with Crippen molar-refractivity contribution >= 4 is 68.5 Å². The maximum Gasteiger partial charge on any atom is 0.133 e. The summed E-state index contributed by atoms with van der Waals surface area (Å²) in [5.41, 5.74) is 0. The van der Waals surface area contributed by atoms with E-state index in [4.69, 9.17) is 16.9 Å². The molecule has 5 heteroatoms. The molecule has 0 rings (SSSR count). The van der Waals surface area contributed by atoms with Crippen LogP contribution in [0.25, 0.3) is 0 Å². The highest BCUT2D eigenvalue weighted by atomic mass is 127. The molecular formula is C5H4ClI2NS. The van der Waals surface area contributed by atoms with E-state index in [9.17, 15) is 0 Å². The van der Waals surface area contributed by atoms with Crippen molar-refractivity contribution in [3.05, 3.63) is 7.16 Å². The first kappa shape index (κ1) is 11.3. The van der Waals surface area contributed by atoms with Gasteiger partial charge in [-0.15, -0.1) is 11.6 Å². The predicted octanol–water partition coefficient (Wildman–Crippen LogP) is 3.52. The summed E-state index contributed by atoms with van der Waals surface area (Å²) in [4.78, 5) is 0. The maximum absolute atomic E-state index is 8.22. The Morgan fingerprint density at radius 1 is 1.50 bits per heavy atom. The first-order valence-electron chi connectivity index (χ1n) is 2.32. The van der Waals surface area contributed by atoms with E-state index in [1.807, 2.05) is 5.40 Å². The molecule has 0 bridgehead atoms. The first-order chi connectivity index (χ1) is 4.72. The molecule has 0 N–H and O–H groups in total. The second-order valence-corrected chi connectivity index (χ2v) is 4.95. The van der Waals surface area contributed by atoms with E-state index in [-0.39, 0.29) is 0 Å². The van der Waals surface area contributed by atoms with Crippen molar-refractivity contribution < 1.29 is 0 Å². The number of hydrogen-bond acceptors (Lipinski definition) is 2. The standard InChI is InChI=1S/C5H4ClI2NS/c6-1-4(7)5(8)2-10-3-9/h1-2H2/b5-4+. The third-order valence-corrected chi connectivity index (χ3v) is 5.57. The van der Waals surface area contributed by atoms with Gasteiger partial charge in [-0.05, 0) is 56.9 Å². The number of rotatable bonds is 3. The Bertz CT molecular complexity index is 175. The van der Waals surface area contributed by atoms with Gasteiger partial charge in [0.25, 0.3) is 0 Å². The molecule has 0 atom stereocenters. The molecule has 0 aromatic heterocycles. The molecule has 0 aromatic rings. The van der Waals surface area contributed by atoms with Crippen LogP contribution in [0.2, 0.25) is 0 Å². The molecule has 0 amide bonds. The van der Waals surface area contributed by atoms with Crippen LogP contribution in [0, 0.1) is 10.7 Å². The minimum absolute atomic E-state index is 0.546.